The highest BCUT2D eigenvalue weighted by molar-refractivity contribution is 7.21. The molecule has 0 spiro atoms. The van der Waals surface area contributed by atoms with Gasteiger partial charge in [0.2, 0.25) is 5.78 Å². The first-order chi connectivity index (χ1) is 14.4. The number of carbonyl (C=O) groups excluding carboxylic acids is 1. The third kappa shape index (κ3) is 4.29. The monoisotopic (exact) mass is 420 g/mol. The van der Waals surface area contributed by atoms with Crippen molar-refractivity contribution < 1.29 is 13.9 Å². The standard InChI is InChI=1S/C24H19FO2S.C2H6/c1-14-8-10-18(11-9-14)27-23-19-6-4-5-7-20(19)28-24(23)22(26)21-15(2)12-17(25)13-16(21)3;1-2/h4-13H,1-3H3;1-2H3. The molecule has 3 aromatic carbocycles. The lowest BCUT2D eigenvalue weighted by atomic mass is 9.97. The van der Waals surface area contributed by atoms with Crippen molar-refractivity contribution in [2.45, 2.75) is 34.6 Å². The molecule has 0 bridgehead atoms. The molecule has 1 heterocycles. The third-order valence-electron chi connectivity index (χ3n) is 4.72. The molecule has 0 amide bonds. The van der Waals surface area contributed by atoms with Gasteiger partial charge in [-0.05, 0) is 68.3 Å². The van der Waals surface area contributed by atoms with Gasteiger partial charge in [-0.3, -0.25) is 4.79 Å². The number of aryl methyl sites for hydroxylation is 3. The van der Waals surface area contributed by atoms with E-state index in [4.69, 9.17) is 4.74 Å². The first-order valence-electron chi connectivity index (χ1n) is 10.0. The van der Waals surface area contributed by atoms with Gasteiger partial charge in [-0.15, -0.1) is 11.3 Å². The van der Waals surface area contributed by atoms with E-state index in [1.54, 1.807) is 13.8 Å². The molecule has 0 N–H and O–H groups in total. The van der Waals surface area contributed by atoms with E-state index >= 15 is 0 Å². The summed E-state index contributed by atoms with van der Waals surface area (Å²) in [4.78, 5) is 14.0. The highest BCUT2D eigenvalue weighted by Gasteiger charge is 2.24. The number of rotatable bonds is 4. The lowest BCUT2D eigenvalue weighted by Crippen LogP contribution is -2.06. The molecular weight excluding hydrogens is 395 g/mol. The third-order valence-corrected chi connectivity index (χ3v) is 5.87. The average Bonchev–Trinajstić information content (AvgIpc) is 3.09. The summed E-state index contributed by atoms with van der Waals surface area (Å²) >= 11 is 1.40. The average molecular weight is 421 g/mol. The largest absolute Gasteiger partial charge is 0.455 e. The van der Waals surface area contributed by atoms with Crippen LogP contribution in [0.15, 0.2) is 60.7 Å². The minimum Gasteiger partial charge on any atom is -0.455 e. The maximum Gasteiger partial charge on any atom is 0.207 e. The number of hydrogen-bond acceptors (Lipinski definition) is 3. The fourth-order valence-corrected chi connectivity index (χ4v) is 4.46. The van der Waals surface area contributed by atoms with Crippen LogP contribution in [0.1, 0.15) is 45.8 Å². The van der Waals surface area contributed by atoms with Gasteiger partial charge in [0, 0.05) is 15.6 Å². The van der Waals surface area contributed by atoms with Gasteiger partial charge >= 0.3 is 0 Å². The first-order valence-corrected chi connectivity index (χ1v) is 10.8. The van der Waals surface area contributed by atoms with Gasteiger partial charge in [-0.2, -0.15) is 0 Å². The van der Waals surface area contributed by atoms with Crippen molar-refractivity contribution in [3.05, 3.63) is 93.6 Å². The maximum absolute atomic E-state index is 13.7. The lowest BCUT2D eigenvalue weighted by Gasteiger charge is -2.11. The highest BCUT2D eigenvalue weighted by Crippen LogP contribution is 2.42. The first kappa shape index (κ1) is 21.7. The van der Waals surface area contributed by atoms with Crippen molar-refractivity contribution in [3.8, 4) is 11.5 Å². The minimum atomic E-state index is -0.334. The highest BCUT2D eigenvalue weighted by atomic mass is 32.1. The molecule has 4 aromatic rings. The van der Waals surface area contributed by atoms with E-state index in [2.05, 4.69) is 0 Å². The molecule has 0 aliphatic rings. The molecule has 0 saturated carbocycles. The Morgan fingerprint density at radius 1 is 0.900 bits per heavy atom. The summed E-state index contributed by atoms with van der Waals surface area (Å²) in [5.41, 5.74) is 2.92. The fourth-order valence-electron chi connectivity index (χ4n) is 3.38. The Hall–Kier alpha value is -2.98. The van der Waals surface area contributed by atoms with E-state index in [1.807, 2.05) is 69.3 Å². The van der Waals surface area contributed by atoms with Crippen molar-refractivity contribution in [2.75, 3.05) is 0 Å². The van der Waals surface area contributed by atoms with E-state index in [0.29, 0.717) is 33.1 Å². The maximum atomic E-state index is 13.7. The molecule has 0 aliphatic heterocycles. The van der Waals surface area contributed by atoms with Crippen LogP contribution in [0, 0.1) is 26.6 Å². The molecule has 0 unspecified atom stereocenters. The summed E-state index contributed by atoms with van der Waals surface area (Å²) < 4.78 is 20.9. The number of carbonyl (C=O) groups is 1. The van der Waals surface area contributed by atoms with Gasteiger partial charge in [-0.1, -0.05) is 43.7 Å². The van der Waals surface area contributed by atoms with Crippen LogP contribution in [0.2, 0.25) is 0 Å². The molecule has 4 heteroatoms. The predicted molar refractivity (Wildman–Crippen MR) is 124 cm³/mol. The second-order valence-electron chi connectivity index (χ2n) is 6.92. The van der Waals surface area contributed by atoms with Crippen molar-refractivity contribution in [1.29, 1.82) is 0 Å². The molecule has 1 aromatic heterocycles. The van der Waals surface area contributed by atoms with Crippen LogP contribution < -0.4 is 4.74 Å². The molecule has 154 valence electrons. The zero-order valence-electron chi connectivity index (χ0n) is 17.9. The SMILES string of the molecule is CC.Cc1ccc(Oc2c(C(=O)c3c(C)cc(F)cc3C)sc3ccccc23)cc1. The Bertz CT molecular complexity index is 1170. The molecule has 2 nitrogen and oxygen atoms in total. The normalized spacial score (nSPS) is 10.5. The van der Waals surface area contributed by atoms with Gasteiger partial charge in [0.15, 0.2) is 5.75 Å². The number of fused-ring (bicyclic) bond motifs is 1. The summed E-state index contributed by atoms with van der Waals surface area (Å²) in [6.07, 6.45) is 0. The molecule has 30 heavy (non-hydrogen) atoms. The molecule has 0 saturated heterocycles. The minimum absolute atomic E-state index is 0.140. The van der Waals surface area contributed by atoms with Gasteiger partial charge in [-0.25, -0.2) is 4.39 Å². The van der Waals surface area contributed by atoms with E-state index in [1.165, 1.54) is 23.5 Å². The van der Waals surface area contributed by atoms with Crippen LogP contribution in [0.3, 0.4) is 0 Å². The quantitative estimate of drug-likeness (QED) is 0.312. The van der Waals surface area contributed by atoms with E-state index < -0.39 is 0 Å². The summed E-state index contributed by atoms with van der Waals surface area (Å²) in [6.45, 7) is 9.53. The Balaban J connectivity index is 0.00000124. The number of ether oxygens (including phenoxy) is 1. The predicted octanol–water partition coefficient (Wildman–Crippen LogP) is 8.02. The molecular formula is C26H25FO2S. The summed E-state index contributed by atoms with van der Waals surface area (Å²) in [5, 5.41) is 0.897. The number of halogens is 1. The lowest BCUT2D eigenvalue weighted by molar-refractivity contribution is 0.103. The molecule has 0 atom stereocenters. The number of benzene rings is 3. The molecule has 0 aliphatic carbocycles. The Labute approximate surface area is 181 Å². The summed E-state index contributed by atoms with van der Waals surface area (Å²) in [6, 6.07) is 18.3. The molecule has 0 radical (unpaired) electrons. The van der Waals surface area contributed by atoms with E-state index in [0.717, 1.165) is 15.6 Å². The topological polar surface area (TPSA) is 26.3 Å². The Morgan fingerprint density at radius 2 is 1.50 bits per heavy atom. The zero-order valence-corrected chi connectivity index (χ0v) is 18.7. The van der Waals surface area contributed by atoms with Gasteiger partial charge in [0.1, 0.15) is 16.4 Å². The van der Waals surface area contributed by atoms with Crippen molar-refractivity contribution in [3.63, 3.8) is 0 Å². The van der Waals surface area contributed by atoms with Crippen LogP contribution >= 0.6 is 11.3 Å². The van der Waals surface area contributed by atoms with Gasteiger partial charge in [0.05, 0.1) is 0 Å². The fraction of sp³-hybridized carbons (Fsp3) is 0.192. The van der Waals surface area contributed by atoms with Crippen molar-refractivity contribution >= 4 is 27.2 Å². The summed E-state index contributed by atoms with van der Waals surface area (Å²) in [7, 11) is 0. The Kier molecular flexibility index (Phi) is 6.68. The van der Waals surface area contributed by atoms with Crippen LogP contribution in [-0.2, 0) is 0 Å². The molecule has 0 fully saturated rings. The number of thiophene rings is 1. The molecule has 4 rings (SSSR count). The zero-order chi connectivity index (χ0) is 21.8. The van der Waals surface area contributed by atoms with E-state index in [9.17, 15) is 9.18 Å². The van der Waals surface area contributed by atoms with E-state index in [-0.39, 0.29) is 11.6 Å². The van der Waals surface area contributed by atoms with Crippen molar-refractivity contribution in [1.82, 2.24) is 0 Å². The smallest absolute Gasteiger partial charge is 0.207 e. The van der Waals surface area contributed by atoms with Crippen LogP contribution in [0.25, 0.3) is 10.1 Å². The van der Waals surface area contributed by atoms with Crippen LogP contribution in [0.4, 0.5) is 4.39 Å². The number of hydrogen-bond donors (Lipinski definition) is 0. The van der Waals surface area contributed by atoms with Gasteiger partial charge in [0.25, 0.3) is 0 Å². The second kappa shape index (κ2) is 9.23. The Morgan fingerprint density at radius 3 is 2.13 bits per heavy atom. The van der Waals surface area contributed by atoms with Crippen molar-refractivity contribution in [2.24, 2.45) is 0 Å². The van der Waals surface area contributed by atoms with Crippen LogP contribution in [0.5, 0.6) is 11.5 Å². The summed E-state index contributed by atoms with van der Waals surface area (Å²) in [5.74, 6) is 0.755. The van der Waals surface area contributed by atoms with Gasteiger partial charge < -0.3 is 4.74 Å². The van der Waals surface area contributed by atoms with Crippen LogP contribution in [-0.4, -0.2) is 5.78 Å². The second-order valence-corrected chi connectivity index (χ2v) is 7.97. The number of ketones is 1.